The molecule has 17 heavy (non-hydrogen) atoms. The first-order valence-corrected chi connectivity index (χ1v) is 6.64. The molecule has 4 rings (SSSR count). The Balaban J connectivity index is 0.000001000. The second kappa shape index (κ2) is 3.42. The highest BCUT2D eigenvalue weighted by Gasteiger charge is 2.50. The number of carbonyl (C=O) groups excluding carboxylic acids is 1. The number of piperidine rings is 1. The fraction of sp³-hybridized carbons (Fsp3) is 0.692. The van der Waals surface area contributed by atoms with Crippen LogP contribution in [0.25, 0.3) is 0 Å². The first kappa shape index (κ1) is 9.83. The minimum atomic E-state index is 0. The summed E-state index contributed by atoms with van der Waals surface area (Å²) in [5.74, 6) is 1.27. The second-order valence-corrected chi connectivity index (χ2v) is 5.54. The van der Waals surface area contributed by atoms with Gasteiger partial charge in [0.2, 0.25) is 0 Å². The van der Waals surface area contributed by atoms with Crippen LogP contribution in [0, 0.1) is 11.8 Å². The van der Waals surface area contributed by atoms with E-state index in [0.29, 0.717) is 17.9 Å². The van der Waals surface area contributed by atoms with Crippen molar-refractivity contribution in [1.29, 1.82) is 0 Å². The Hall–Kier alpha value is -1.16. The number of nitrogens with one attached hydrogen (secondary N) is 1. The maximum atomic E-state index is 12.1. The van der Waals surface area contributed by atoms with Crippen LogP contribution in [-0.4, -0.2) is 41.8 Å². The van der Waals surface area contributed by atoms with Gasteiger partial charge in [-0.1, -0.05) is 12.2 Å². The van der Waals surface area contributed by atoms with Gasteiger partial charge in [0.05, 0.1) is 11.8 Å². The highest BCUT2D eigenvalue weighted by Crippen LogP contribution is 2.47. The summed E-state index contributed by atoms with van der Waals surface area (Å²) in [5.41, 5.74) is 1.15. The molecule has 2 heterocycles. The summed E-state index contributed by atoms with van der Waals surface area (Å²) >= 11 is 0. The van der Waals surface area contributed by atoms with Crippen molar-refractivity contribution >= 4 is 11.7 Å². The van der Waals surface area contributed by atoms with Crippen LogP contribution < -0.4 is 5.32 Å². The Morgan fingerprint density at radius 1 is 1.35 bits per heavy atom. The van der Waals surface area contributed by atoms with Crippen molar-refractivity contribution in [3.05, 3.63) is 12.2 Å². The number of carbonyl (C=O) groups is 1. The second-order valence-electron chi connectivity index (χ2n) is 5.54. The molecule has 2 aliphatic heterocycles. The van der Waals surface area contributed by atoms with Crippen LogP contribution in [0.2, 0.25) is 0 Å². The predicted molar refractivity (Wildman–Crippen MR) is 67.2 cm³/mol. The molecule has 4 heteroatoms. The molecule has 4 nitrogen and oxygen atoms in total. The lowest BCUT2D eigenvalue weighted by Gasteiger charge is -2.35. The number of urea groups is 1. The van der Waals surface area contributed by atoms with E-state index in [2.05, 4.69) is 22.5 Å². The lowest BCUT2D eigenvalue weighted by atomic mass is 9.96. The number of hydrogen-bond donors (Lipinski definition) is 1. The minimum Gasteiger partial charge on any atom is -0.317 e. The molecule has 2 amide bonds. The summed E-state index contributed by atoms with van der Waals surface area (Å²) in [6, 6.07) is 0.582. The molecular formula is C13H19N3O. The minimum absolute atomic E-state index is 0. The normalized spacial score (nSPS) is 40.0. The average molecular weight is 233 g/mol. The third-order valence-corrected chi connectivity index (χ3v) is 4.51. The smallest absolute Gasteiger partial charge is 0.317 e. The van der Waals surface area contributed by atoms with Gasteiger partial charge in [-0.3, -0.25) is 0 Å². The van der Waals surface area contributed by atoms with Gasteiger partial charge < -0.3 is 10.2 Å². The SMILES string of the molecule is O=C1N=C2C3CC3C=CC2N1C1CCNCC1.[HH]. The van der Waals surface area contributed by atoms with Crippen molar-refractivity contribution in [2.75, 3.05) is 13.1 Å². The molecule has 3 atom stereocenters. The molecule has 2 fully saturated rings. The maximum absolute atomic E-state index is 12.1. The number of amides is 2. The van der Waals surface area contributed by atoms with E-state index in [4.69, 9.17) is 0 Å². The molecule has 92 valence electrons. The van der Waals surface area contributed by atoms with Crippen molar-refractivity contribution in [2.24, 2.45) is 16.8 Å². The molecule has 4 aliphatic rings. The number of hydrogen-bond acceptors (Lipinski definition) is 2. The highest BCUT2D eigenvalue weighted by molar-refractivity contribution is 6.09. The van der Waals surface area contributed by atoms with Gasteiger partial charge >= 0.3 is 6.03 Å². The Labute approximate surface area is 102 Å². The Morgan fingerprint density at radius 3 is 3.00 bits per heavy atom. The molecule has 3 unspecified atom stereocenters. The van der Waals surface area contributed by atoms with Crippen LogP contribution in [0.3, 0.4) is 0 Å². The van der Waals surface area contributed by atoms with E-state index in [9.17, 15) is 4.79 Å². The zero-order valence-electron chi connectivity index (χ0n) is 9.80. The third-order valence-electron chi connectivity index (χ3n) is 4.51. The summed E-state index contributed by atoms with van der Waals surface area (Å²) in [4.78, 5) is 18.4. The summed E-state index contributed by atoms with van der Waals surface area (Å²) in [5, 5.41) is 3.35. The lowest BCUT2D eigenvalue weighted by molar-refractivity contribution is 0.171. The van der Waals surface area contributed by atoms with Crippen LogP contribution in [0.1, 0.15) is 20.7 Å². The van der Waals surface area contributed by atoms with Gasteiger partial charge in [-0.05, 0) is 38.3 Å². The average Bonchev–Trinajstić information content (AvgIpc) is 3.07. The maximum Gasteiger partial charge on any atom is 0.344 e. The van der Waals surface area contributed by atoms with Crippen LogP contribution in [0.4, 0.5) is 4.79 Å². The molecule has 2 aliphatic carbocycles. The molecule has 0 aromatic carbocycles. The topological polar surface area (TPSA) is 44.7 Å². The summed E-state index contributed by atoms with van der Waals surface area (Å²) in [6.07, 6.45) is 7.83. The van der Waals surface area contributed by atoms with E-state index in [0.717, 1.165) is 31.6 Å². The van der Waals surface area contributed by atoms with Gasteiger partial charge in [0.15, 0.2) is 0 Å². The van der Waals surface area contributed by atoms with Crippen LogP contribution in [-0.2, 0) is 0 Å². The standard InChI is InChI=1S/C13H17N3O.H2/c17-13-15-12-10-7-8(10)1-2-11(12)16(13)9-3-5-14-6-4-9;/h1-2,8-11,14H,3-7H2;1H. The number of rotatable bonds is 1. The van der Waals surface area contributed by atoms with Crippen molar-refractivity contribution in [2.45, 2.75) is 31.3 Å². The quantitative estimate of drug-likeness (QED) is 0.696. The van der Waals surface area contributed by atoms with E-state index < -0.39 is 0 Å². The number of fused-ring (bicyclic) bond motifs is 3. The van der Waals surface area contributed by atoms with E-state index in [1.165, 1.54) is 6.42 Å². The van der Waals surface area contributed by atoms with Crippen molar-refractivity contribution in [1.82, 2.24) is 10.2 Å². The lowest BCUT2D eigenvalue weighted by Crippen LogP contribution is -2.49. The molecule has 0 spiro atoms. The van der Waals surface area contributed by atoms with Crippen molar-refractivity contribution in [3.63, 3.8) is 0 Å². The van der Waals surface area contributed by atoms with Gasteiger partial charge in [0.25, 0.3) is 0 Å². The molecule has 1 saturated heterocycles. The number of nitrogens with zero attached hydrogens (tertiary/aromatic N) is 2. The van der Waals surface area contributed by atoms with E-state index >= 15 is 0 Å². The molecule has 0 aromatic rings. The van der Waals surface area contributed by atoms with Crippen LogP contribution in [0.5, 0.6) is 0 Å². The Kier molecular flexibility index (Phi) is 1.98. The van der Waals surface area contributed by atoms with Crippen molar-refractivity contribution in [3.8, 4) is 0 Å². The number of allylic oxidation sites excluding steroid dienone is 1. The highest BCUT2D eigenvalue weighted by atomic mass is 16.2. The monoisotopic (exact) mass is 233 g/mol. The summed E-state index contributed by atoms with van der Waals surface area (Å²) in [6.45, 7) is 2.04. The fourth-order valence-corrected chi connectivity index (χ4v) is 3.47. The Morgan fingerprint density at radius 2 is 2.18 bits per heavy atom. The third kappa shape index (κ3) is 1.40. The van der Waals surface area contributed by atoms with Gasteiger partial charge in [-0.25, -0.2) is 4.79 Å². The van der Waals surface area contributed by atoms with Gasteiger partial charge in [-0.15, -0.1) is 0 Å². The van der Waals surface area contributed by atoms with E-state index in [-0.39, 0.29) is 13.5 Å². The van der Waals surface area contributed by atoms with Crippen LogP contribution >= 0.6 is 0 Å². The molecule has 0 aromatic heterocycles. The van der Waals surface area contributed by atoms with Gasteiger partial charge in [-0.2, -0.15) is 4.99 Å². The van der Waals surface area contributed by atoms with Gasteiger partial charge in [0.1, 0.15) is 0 Å². The molecular weight excluding hydrogens is 214 g/mol. The van der Waals surface area contributed by atoms with E-state index in [1.54, 1.807) is 0 Å². The largest absolute Gasteiger partial charge is 0.344 e. The first-order valence-electron chi connectivity index (χ1n) is 6.64. The zero-order chi connectivity index (χ0) is 11.4. The first-order chi connectivity index (χ1) is 8.34. The molecule has 1 saturated carbocycles. The summed E-state index contributed by atoms with van der Waals surface area (Å²) in [7, 11) is 0. The predicted octanol–water partition coefficient (Wildman–Crippen LogP) is 1.44. The van der Waals surface area contributed by atoms with Crippen LogP contribution in [0.15, 0.2) is 17.1 Å². The van der Waals surface area contributed by atoms with Crippen molar-refractivity contribution < 1.29 is 6.22 Å². The van der Waals surface area contributed by atoms with E-state index in [1.807, 2.05) is 4.90 Å². The molecule has 0 radical (unpaired) electrons. The summed E-state index contributed by atoms with van der Waals surface area (Å²) < 4.78 is 0. The zero-order valence-corrected chi connectivity index (χ0v) is 9.80. The molecule has 1 N–H and O–H groups in total. The van der Waals surface area contributed by atoms with Gasteiger partial charge in [0, 0.05) is 13.4 Å². The number of aliphatic imine (C=N–C) groups is 1. The molecule has 0 bridgehead atoms. The Bertz CT molecular complexity index is 428. The fourth-order valence-electron chi connectivity index (χ4n) is 3.47.